The third-order valence-electron chi connectivity index (χ3n) is 3.24. The lowest BCUT2D eigenvalue weighted by molar-refractivity contribution is -0.119. The second kappa shape index (κ2) is 3.36. The van der Waals surface area contributed by atoms with E-state index in [1.807, 2.05) is 24.3 Å². The van der Waals surface area contributed by atoms with E-state index in [9.17, 15) is 4.79 Å². The molecule has 4 heteroatoms. The molecule has 84 valence electrons. The van der Waals surface area contributed by atoms with Crippen molar-refractivity contribution in [3.05, 3.63) is 30.5 Å². The van der Waals surface area contributed by atoms with Crippen LogP contribution in [0.25, 0.3) is 10.9 Å². The highest BCUT2D eigenvalue weighted by atomic mass is 16.2. The summed E-state index contributed by atoms with van der Waals surface area (Å²) in [5.74, 6) is -0.190. The van der Waals surface area contributed by atoms with Crippen LogP contribution in [0.2, 0.25) is 0 Å². The Balaban J connectivity index is 1.91. The van der Waals surface area contributed by atoms with E-state index in [2.05, 4.69) is 16.4 Å². The number of aromatic nitrogens is 1. The number of amides is 1. The molecule has 0 saturated heterocycles. The van der Waals surface area contributed by atoms with Crippen LogP contribution in [0.15, 0.2) is 30.5 Å². The molecule has 1 aromatic heterocycles. The predicted octanol–water partition coefficient (Wildman–Crippen LogP) is 2.41. The Morgan fingerprint density at radius 1 is 1.41 bits per heavy atom. The fraction of sp³-hybridized carbons (Fsp3) is 0.231. The summed E-state index contributed by atoms with van der Waals surface area (Å²) in [5.41, 5.74) is 0.940. The van der Waals surface area contributed by atoms with Gasteiger partial charge in [0, 0.05) is 17.1 Å². The molecule has 2 N–H and O–H groups in total. The lowest BCUT2D eigenvalue weighted by Crippen LogP contribution is -2.22. The molecule has 4 nitrogen and oxygen atoms in total. The van der Waals surface area contributed by atoms with Crippen molar-refractivity contribution in [3.63, 3.8) is 0 Å². The summed E-state index contributed by atoms with van der Waals surface area (Å²) in [6.45, 7) is 0. The van der Waals surface area contributed by atoms with E-state index in [0.29, 0.717) is 12.8 Å². The maximum Gasteiger partial charge on any atom is 0.244 e. The zero-order valence-corrected chi connectivity index (χ0v) is 9.16. The average Bonchev–Trinajstić information content (AvgIpc) is 3.07. The van der Waals surface area contributed by atoms with E-state index in [1.165, 1.54) is 0 Å². The largest absolute Gasteiger partial charge is 0.359 e. The molecular weight excluding hydrogens is 214 g/mol. The first-order valence-corrected chi connectivity index (χ1v) is 5.54. The maximum absolute atomic E-state index is 11.9. The summed E-state index contributed by atoms with van der Waals surface area (Å²) in [4.78, 5) is 15.0. The van der Waals surface area contributed by atoms with E-state index in [1.54, 1.807) is 6.20 Å². The number of hydrogen-bond donors (Lipinski definition) is 2. The van der Waals surface area contributed by atoms with Crippen LogP contribution in [0.5, 0.6) is 0 Å². The van der Waals surface area contributed by atoms with Crippen molar-refractivity contribution in [1.82, 2.24) is 4.98 Å². The van der Waals surface area contributed by atoms with E-state index in [-0.39, 0.29) is 5.91 Å². The quantitative estimate of drug-likeness (QED) is 0.824. The molecule has 0 unspecified atom stereocenters. The molecule has 1 heterocycles. The van der Waals surface area contributed by atoms with Crippen molar-refractivity contribution >= 4 is 22.5 Å². The monoisotopic (exact) mass is 225 g/mol. The third-order valence-corrected chi connectivity index (χ3v) is 3.24. The second-order valence-electron chi connectivity index (χ2n) is 4.40. The molecular formula is C13H11N3O. The minimum atomic E-state index is -0.779. The van der Waals surface area contributed by atoms with Crippen molar-refractivity contribution in [2.45, 2.75) is 12.8 Å². The van der Waals surface area contributed by atoms with Gasteiger partial charge in [0.1, 0.15) is 5.41 Å². The number of hydrogen-bond acceptors (Lipinski definition) is 2. The topological polar surface area (TPSA) is 68.7 Å². The van der Waals surface area contributed by atoms with Crippen LogP contribution in [-0.2, 0) is 4.79 Å². The average molecular weight is 225 g/mol. The number of nitriles is 1. The Bertz CT molecular complexity index is 631. The lowest BCUT2D eigenvalue weighted by atomic mass is 10.1. The van der Waals surface area contributed by atoms with Crippen LogP contribution in [0.1, 0.15) is 12.8 Å². The highest BCUT2D eigenvalue weighted by Gasteiger charge is 2.50. The van der Waals surface area contributed by atoms with Gasteiger partial charge in [-0.05, 0) is 18.9 Å². The van der Waals surface area contributed by atoms with E-state index >= 15 is 0 Å². The standard InChI is InChI=1S/C13H11N3O/c14-8-13(5-6-13)12(17)16-11-7-15-10-4-2-1-3-9(10)11/h1-4,7,15H,5-6H2,(H,16,17). The molecule has 17 heavy (non-hydrogen) atoms. The minimum Gasteiger partial charge on any atom is -0.359 e. The van der Waals surface area contributed by atoms with E-state index in [4.69, 9.17) is 5.26 Å². The van der Waals surface area contributed by atoms with Crippen LogP contribution in [-0.4, -0.2) is 10.9 Å². The molecule has 0 atom stereocenters. The third kappa shape index (κ3) is 1.48. The fourth-order valence-electron chi connectivity index (χ4n) is 1.93. The molecule has 1 fully saturated rings. The van der Waals surface area contributed by atoms with Gasteiger partial charge in [-0.3, -0.25) is 4.79 Å². The molecule has 0 spiro atoms. The second-order valence-corrected chi connectivity index (χ2v) is 4.40. The van der Waals surface area contributed by atoms with Crippen molar-refractivity contribution in [3.8, 4) is 6.07 Å². The Hall–Kier alpha value is -2.28. The first-order valence-electron chi connectivity index (χ1n) is 5.54. The number of rotatable bonds is 2. The molecule has 0 radical (unpaired) electrons. The lowest BCUT2D eigenvalue weighted by Gasteiger charge is -2.06. The molecule has 1 aromatic carbocycles. The highest BCUT2D eigenvalue weighted by Crippen LogP contribution is 2.46. The summed E-state index contributed by atoms with van der Waals surface area (Å²) in [7, 11) is 0. The number of carbonyl (C=O) groups excluding carboxylic acids is 1. The van der Waals surface area contributed by atoms with E-state index < -0.39 is 5.41 Å². The first kappa shape index (κ1) is 9.91. The van der Waals surface area contributed by atoms with Crippen LogP contribution in [0.4, 0.5) is 5.69 Å². The maximum atomic E-state index is 11.9. The van der Waals surface area contributed by atoms with Crippen LogP contribution < -0.4 is 5.32 Å². The van der Waals surface area contributed by atoms with Gasteiger partial charge < -0.3 is 10.3 Å². The Labute approximate surface area is 98.2 Å². The number of benzene rings is 1. The summed E-state index contributed by atoms with van der Waals surface area (Å²) < 4.78 is 0. The van der Waals surface area contributed by atoms with Gasteiger partial charge in [0.05, 0.1) is 11.8 Å². The minimum absolute atomic E-state index is 0.190. The van der Waals surface area contributed by atoms with Crippen molar-refractivity contribution in [2.75, 3.05) is 5.32 Å². The van der Waals surface area contributed by atoms with E-state index in [0.717, 1.165) is 16.6 Å². The molecule has 3 rings (SSSR count). The number of H-pyrrole nitrogens is 1. The number of fused-ring (bicyclic) bond motifs is 1. The van der Waals surface area contributed by atoms with Gasteiger partial charge in [-0.15, -0.1) is 0 Å². The molecule has 1 aliphatic carbocycles. The number of nitrogens with one attached hydrogen (secondary N) is 2. The van der Waals surface area contributed by atoms with Crippen LogP contribution in [0.3, 0.4) is 0 Å². The Morgan fingerprint density at radius 2 is 2.18 bits per heavy atom. The van der Waals surface area contributed by atoms with Gasteiger partial charge in [-0.2, -0.15) is 5.26 Å². The summed E-state index contributed by atoms with van der Waals surface area (Å²) in [6.07, 6.45) is 3.09. The first-order chi connectivity index (χ1) is 8.25. The smallest absolute Gasteiger partial charge is 0.244 e. The van der Waals surface area contributed by atoms with Gasteiger partial charge in [0.15, 0.2) is 0 Å². The van der Waals surface area contributed by atoms with Crippen molar-refractivity contribution < 1.29 is 4.79 Å². The molecule has 1 saturated carbocycles. The van der Waals surface area contributed by atoms with Crippen molar-refractivity contribution in [2.24, 2.45) is 5.41 Å². The van der Waals surface area contributed by atoms with Gasteiger partial charge in [-0.1, -0.05) is 18.2 Å². The number of aromatic amines is 1. The summed E-state index contributed by atoms with van der Waals surface area (Å²) in [6, 6.07) is 9.83. The fourth-order valence-corrected chi connectivity index (χ4v) is 1.93. The molecule has 1 amide bonds. The van der Waals surface area contributed by atoms with Gasteiger partial charge >= 0.3 is 0 Å². The van der Waals surface area contributed by atoms with Gasteiger partial charge in [0.2, 0.25) is 5.91 Å². The zero-order chi connectivity index (χ0) is 11.9. The molecule has 2 aromatic rings. The molecule has 0 bridgehead atoms. The SMILES string of the molecule is N#CC1(C(=O)Nc2c[nH]c3ccccc23)CC1. The number of nitrogens with zero attached hydrogens (tertiary/aromatic N) is 1. The molecule has 0 aliphatic heterocycles. The number of anilines is 1. The van der Waals surface area contributed by atoms with Crippen LogP contribution in [0, 0.1) is 16.7 Å². The number of para-hydroxylation sites is 1. The molecule has 1 aliphatic rings. The normalized spacial score (nSPS) is 16.4. The zero-order valence-electron chi connectivity index (χ0n) is 9.16. The predicted molar refractivity (Wildman–Crippen MR) is 64.2 cm³/mol. The van der Waals surface area contributed by atoms with Crippen LogP contribution >= 0.6 is 0 Å². The number of carbonyl (C=O) groups is 1. The van der Waals surface area contributed by atoms with Crippen molar-refractivity contribution in [1.29, 1.82) is 5.26 Å². The Kier molecular flexibility index (Phi) is 1.96. The van der Waals surface area contributed by atoms with Gasteiger partial charge in [-0.25, -0.2) is 0 Å². The van der Waals surface area contributed by atoms with Gasteiger partial charge in [0.25, 0.3) is 0 Å². The highest BCUT2D eigenvalue weighted by molar-refractivity contribution is 6.05. The Morgan fingerprint density at radius 3 is 2.88 bits per heavy atom. The summed E-state index contributed by atoms with van der Waals surface area (Å²) >= 11 is 0. The summed E-state index contributed by atoms with van der Waals surface area (Å²) in [5, 5.41) is 12.7.